The highest BCUT2D eigenvalue weighted by Gasteiger charge is 2.37. The number of carbonyl (C=O) groups is 2. The summed E-state index contributed by atoms with van der Waals surface area (Å²) in [6, 6.07) is 27.5. The van der Waals surface area contributed by atoms with Crippen LogP contribution in [-0.2, 0) is 51.2 Å². The lowest BCUT2D eigenvalue weighted by atomic mass is 9.88. The number of carboxylic acid groups (broad SMARTS) is 2. The second-order valence-electron chi connectivity index (χ2n) is 23.4. The van der Waals surface area contributed by atoms with Crippen molar-refractivity contribution in [3.05, 3.63) is 184 Å². The maximum atomic E-state index is 14.5. The molecule has 0 spiro atoms. The van der Waals surface area contributed by atoms with E-state index in [1.807, 2.05) is 61.5 Å². The Hall–Kier alpha value is -8.23. The highest BCUT2D eigenvalue weighted by molar-refractivity contribution is 7.17. The largest absolute Gasteiger partial charge is 0.493 e. The number of rotatable bonds is 13. The van der Waals surface area contributed by atoms with Crippen molar-refractivity contribution in [2.45, 2.75) is 117 Å². The van der Waals surface area contributed by atoms with E-state index in [2.05, 4.69) is 0 Å². The molecule has 12 rings (SSSR count). The average Bonchev–Trinajstić information content (AvgIpc) is 3.71. The van der Waals surface area contributed by atoms with E-state index in [0.717, 1.165) is 62.4 Å². The van der Waals surface area contributed by atoms with Crippen molar-refractivity contribution >= 4 is 76.9 Å². The molecule has 14 nitrogen and oxygen atoms in total. The van der Waals surface area contributed by atoms with Crippen LogP contribution < -0.4 is 19.2 Å². The number of hydrogen-bond acceptors (Lipinski definition) is 12. The summed E-state index contributed by atoms with van der Waals surface area (Å²) in [7, 11) is 0. The third-order valence-electron chi connectivity index (χ3n) is 15.3. The molecule has 1 unspecified atom stereocenters. The van der Waals surface area contributed by atoms with Crippen LogP contribution in [0.4, 0.5) is 13.2 Å². The molecule has 0 radical (unpaired) electrons. The van der Waals surface area contributed by atoms with E-state index in [-0.39, 0.29) is 23.5 Å². The van der Waals surface area contributed by atoms with E-state index >= 15 is 0 Å². The molecule has 0 amide bonds. The fraction of sp³-hybridized carbons (Fsp3) is 0.292. The molecular weight excluding hydrogens is 1120 g/mol. The number of thiazole rings is 2. The van der Waals surface area contributed by atoms with Gasteiger partial charge in [0, 0.05) is 69.4 Å². The van der Waals surface area contributed by atoms with Crippen LogP contribution in [0.25, 0.3) is 64.5 Å². The van der Waals surface area contributed by atoms with Crippen LogP contribution in [0.15, 0.2) is 119 Å². The molecule has 0 bridgehead atoms. The normalized spacial score (nSPS) is 15.2. The summed E-state index contributed by atoms with van der Waals surface area (Å²) in [6.45, 7) is 14.8. The van der Waals surface area contributed by atoms with Crippen molar-refractivity contribution in [3.63, 3.8) is 0 Å². The number of nitrogens with zero attached hydrogens (tertiary/aromatic N) is 4. The van der Waals surface area contributed by atoms with Crippen LogP contribution in [0.2, 0.25) is 0 Å². The number of halogens is 3. The zero-order chi connectivity index (χ0) is 59.5. The van der Waals surface area contributed by atoms with Crippen molar-refractivity contribution in [2.24, 2.45) is 0 Å². The maximum absolute atomic E-state index is 14.5. The Morgan fingerprint density at radius 1 is 0.667 bits per heavy atom. The van der Waals surface area contributed by atoms with Gasteiger partial charge in [0.2, 0.25) is 0 Å². The van der Waals surface area contributed by atoms with Crippen molar-refractivity contribution in [1.29, 1.82) is 0 Å². The van der Waals surface area contributed by atoms with Gasteiger partial charge in [-0.3, -0.25) is 28.7 Å². The van der Waals surface area contributed by atoms with Crippen molar-refractivity contribution in [2.75, 3.05) is 6.61 Å². The summed E-state index contributed by atoms with van der Waals surface area (Å²) in [5.41, 5.74) is 7.34. The van der Waals surface area contributed by atoms with Crippen molar-refractivity contribution in [1.82, 2.24) is 19.1 Å². The topological polar surface area (TPSA) is 181 Å². The Labute approximate surface area is 487 Å². The van der Waals surface area contributed by atoms with Gasteiger partial charge in [-0.15, -0.1) is 0 Å². The number of benzene rings is 6. The van der Waals surface area contributed by atoms with E-state index in [0.29, 0.717) is 112 Å². The SMILES string of the molecule is Cc1cc2c(sc(=O)n2Cc2cccc(C3Cc4ccnc5c(-c6c([C@H](OC(C)(C)C)C(=O)O)c(C)cc7c6sc(=O)n7Cc6cccc(C(F)(F)F)c6)ccc(c45)O3)c2)c(-c2ccc3c4c(ccnc24)CCO3)c1[C@H](OC(C)(C)C)C(=O)O. The van der Waals surface area contributed by atoms with E-state index in [1.165, 1.54) is 16.7 Å². The summed E-state index contributed by atoms with van der Waals surface area (Å²) in [5.74, 6) is -1.23. The summed E-state index contributed by atoms with van der Waals surface area (Å²) < 4.78 is 71.3. The molecular formula is C65H57F3N4O10S2. The fourth-order valence-electron chi connectivity index (χ4n) is 11.9. The zero-order valence-electron chi connectivity index (χ0n) is 47.1. The van der Waals surface area contributed by atoms with E-state index in [9.17, 15) is 42.6 Å². The Kier molecular flexibility index (Phi) is 14.0. The van der Waals surface area contributed by atoms with Crippen LogP contribution in [0, 0.1) is 13.8 Å². The third-order valence-corrected chi connectivity index (χ3v) is 17.3. The standard InChI is InChI=1S/C65H57F3N4O10S2/c1-32-25-42-57(51(47(32)55(59(73)74)81-63(3,4)5)40-15-17-44-49-36(21-24-79-44)19-22-69-53(40)49)83-61(77)71(42)30-34-11-9-13-37(27-34)46-29-38-20-23-70-54-41(16-18-45(80-46)50(38)54)52-48(56(60(75)76)82-64(6,7)8)33(2)26-43-58(52)84-62(78)72(43)31-35-12-10-14-39(28-35)65(66,67)68/h9-20,22-23,25-28,46,55-56H,21,24,29-31H2,1-8H3,(H,73,74)(H,75,76)/t46?,55-,56-/m0/s1. The number of alkyl halides is 3. The molecule has 19 heteroatoms. The first-order valence-electron chi connectivity index (χ1n) is 27.3. The van der Waals surface area contributed by atoms with Gasteiger partial charge in [0.1, 0.15) is 17.6 Å². The van der Waals surface area contributed by atoms with E-state index < -0.39 is 58.1 Å². The highest BCUT2D eigenvalue weighted by atomic mass is 32.1. The molecule has 2 aliphatic heterocycles. The molecule has 84 heavy (non-hydrogen) atoms. The first kappa shape index (κ1) is 56.3. The minimum atomic E-state index is -4.60. The number of ether oxygens (including phenoxy) is 4. The minimum Gasteiger partial charge on any atom is -0.493 e. The number of aliphatic carboxylic acids is 2. The van der Waals surface area contributed by atoms with Gasteiger partial charge in [-0.25, -0.2) is 9.59 Å². The molecule has 430 valence electrons. The van der Waals surface area contributed by atoms with Crippen LogP contribution in [0.3, 0.4) is 0 Å². The molecule has 2 N–H and O–H groups in total. The summed E-state index contributed by atoms with van der Waals surface area (Å²) in [4.78, 5) is 64.3. The number of carboxylic acids is 2. The molecule has 6 aromatic carbocycles. The first-order chi connectivity index (χ1) is 39.8. The summed E-state index contributed by atoms with van der Waals surface area (Å²) in [6.07, 6.45) is -3.49. The van der Waals surface area contributed by atoms with Crippen LogP contribution >= 0.6 is 22.7 Å². The molecule has 0 aliphatic carbocycles. The number of hydrogen-bond donors (Lipinski definition) is 2. The van der Waals surface area contributed by atoms with Crippen LogP contribution in [0.5, 0.6) is 11.5 Å². The van der Waals surface area contributed by atoms with Crippen LogP contribution in [0.1, 0.15) is 115 Å². The average molecular weight is 1180 g/mol. The Balaban J connectivity index is 0.934. The molecule has 3 atom stereocenters. The highest BCUT2D eigenvalue weighted by Crippen LogP contribution is 2.50. The number of aromatic nitrogens is 4. The Bertz CT molecular complexity index is 4490. The second-order valence-corrected chi connectivity index (χ2v) is 25.4. The van der Waals surface area contributed by atoms with Gasteiger partial charge < -0.3 is 29.2 Å². The van der Waals surface area contributed by atoms with E-state index in [4.69, 9.17) is 28.9 Å². The molecule has 2 aliphatic rings. The second kappa shape index (κ2) is 20.8. The monoisotopic (exact) mass is 1170 g/mol. The lowest BCUT2D eigenvalue weighted by molar-refractivity contribution is -0.161. The fourth-order valence-corrected chi connectivity index (χ4v) is 14.0. The van der Waals surface area contributed by atoms with Gasteiger partial charge in [-0.2, -0.15) is 13.2 Å². The zero-order valence-corrected chi connectivity index (χ0v) is 48.7. The summed E-state index contributed by atoms with van der Waals surface area (Å²) >= 11 is 1.91. The number of pyridine rings is 2. The van der Waals surface area contributed by atoms with Gasteiger partial charge >= 0.3 is 27.9 Å². The predicted molar refractivity (Wildman–Crippen MR) is 318 cm³/mol. The van der Waals surface area contributed by atoms with E-state index in [1.54, 1.807) is 83.6 Å². The van der Waals surface area contributed by atoms with Gasteiger partial charge in [0.15, 0.2) is 12.2 Å². The number of fused-ring (bicyclic) bond motifs is 2. The summed E-state index contributed by atoms with van der Waals surface area (Å²) in [5, 5.41) is 23.2. The van der Waals surface area contributed by atoms with Crippen molar-refractivity contribution < 1.29 is 51.9 Å². The molecule has 6 heterocycles. The van der Waals surface area contributed by atoms with Gasteiger partial charge in [0.25, 0.3) is 0 Å². The molecule has 0 saturated heterocycles. The first-order valence-corrected chi connectivity index (χ1v) is 29.0. The lowest BCUT2D eigenvalue weighted by Gasteiger charge is -2.29. The molecule has 0 saturated carbocycles. The Morgan fingerprint density at radius 2 is 1.17 bits per heavy atom. The Morgan fingerprint density at radius 3 is 1.69 bits per heavy atom. The van der Waals surface area contributed by atoms with Gasteiger partial charge in [0.05, 0.1) is 67.9 Å². The molecule has 0 fully saturated rings. The maximum Gasteiger partial charge on any atom is 0.416 e. The smallest absolute Gasteiger partial charge is 0.416 e. The molecule has 4 aromatic heterocycles. The van der Waals surface area contributed by atoms with Crippen molar-refractivity contribution in [3.8, 4) is 33.8 Å². The minimum absolute atomic E-state index is 0.172. The number of aryl methyl sites for hydroxylation is 2. The quantitative estimate of drug-likeness (QED) is 0.112. The molecule has 10 aromatic rings. The third kappa shape index (κ3) is 10.2. The van der Waals surface area contributed by atoms with Gasteiger partial charge in [-0.1, -0.05) is 59.1 Å². The van der Waals surface area contributed by atoms with Crippen LogP contribution in [-0.4, -0.2) is 59.1 Å². The predicted octanol–water partition coefficient (Wildman–Crippen LogP) is 14.1. The lowest BCUT2D eigenvalue weighted by Crippen LogP contribution is -2.28. The van der Waals surface area contributed by atoms with Gasteiger partial charge in [-0.05, 0) is 155 Å².